The fourth-order valence-electron chi connectivity index (χ4n) is 3.14. The van der Waals surface area contributed by atoms with E-state index < -0.39 is 33.2 Å². The second-order valence-electron chi connectivity index (χ2n) is 7.15. The average molecular weight is 509 g/mol. The Kier molecular flexibility index (Phi) is 8.14. The SMILES string of the molecule is CCOc1cccc(-c2ccc(S(=O)(=O)C(N)(CC(O)CSc3nccs3)C(=O)O)cc2)c1. The lowest BCUT2D eigenvalue weighted by molar-refractivity contribution is -0.140. The number of hydrogen-bond donors (Lipinski definition) is 3. The number of hydrogen-bond acceptors (Lipinski definition) is 9. The number of rotatable bonds is 11. The molecular weight excluding hydrogens is 484 g/mol. The van der Waals surface area contributed by atoms with Crippen LogP contribution in [0.3, 0.4) is 0 Å². The van der Waals surface area contributed by atoms with E-state index in [0.29, 0.717) is 16.7 Å². The first kappa shape index (κ1) is 25.2. The fraction of sp³-hybridized carbons (Fsp3) is 0.273. The van der Waals surface area contributed by atoms with E-state index in [2.05, 4.69) is 4.98 Å². The van der Waals surface area contributed by atoms with Crippen LogP contribution in [0.15, 0.2) is 69.3 Å². The highest BCUT2D eigenvalue weighted by atomic mass is 32.2. The Bertz CT molecular complexity index is 1180. The van der Waals surface area contributed by atoms with Crippen molar-refractivity contribution in [1.29, 1.82) is 0 Å². The van der Waals surface area contributed by atoms with E-state index in [0.717, 1.165) is 11.1 Å². The first-order valence-electron chi connectivity index (χ1n) is 9.98. The zero-order valence-electron chi connectivity index (χ0n) is 17.7. The van der Waals surface area contributed by atoms with Crippen LogP contribution in [0.4, 0.5) is 0 Å². The molecule has 0 spiro atoms. The summed E-state index contributed by atoms with van der Waals surface area (Å²) in [6.07, 6.45) is -0.331. The van der Waals surface area contributed by atoms with Crippen molar-refractivity contribution in [3.8, 4) is 16.9 Å². The summed E-state index contributed by atoms with van der Waals surface area (Å²) in [5, 5.41) is 21.8. The summed E-state index contributed by atoms with van der Waals surface area (Å²) in [5.41, 5.74) is 7.46. The van der Waals surface area contributed by atoms with Gasteiger partial charge in [0, 0.05) is 23.8 Å². The van der Waals surface area contributed by atoms with Crippen LogP contribution in [-0.4, -0.2) is 52.9 Å². The molecule has 33 heavy (non-hydrogen) atoms. The van der Waals surface area contributed by atoms with E-state index >= 15 is 0 Å². The van der Waals surface area contributed by atoms with Crippen LogP contribution in [-0.2, 0) is 14.6 Å². The second kappa shape index (κ2) is 10.7. The third-order valence-electron chi connectivity index (χ3n) is 4.83. The van der Waals surface area contributed by atoms with Gasteiger partial charge < -0.3 is 20.7 Å². The van der Waals surface area contributed by atoms with Crippen LogP contribution in [0, 0.1) is 0 Å². The summed E-state index contributed by atoms with van der Waals surface area (Å²) in [7, 11) is -4.51. The van der Waals surface area contributed by atoms with Crippen LogP contribution in [0.5, 0.6) is 5.75 Å². The van der Waals surface area contributed by atoms with Gasteiger partial charge in [0.2, 0.25) is 14.7 Å². The summed E-state index contributed by atoms with van der Waals surface area (Å²) in [6, 6.07) is 13.1. The van der Waals surface area contributed by atoms with E-state index in [-0.39, 0.29) is 10.6 Å². The van der Waals surface area contributed by atoms with Crippen molar-refractivity contribution in [2.75, 3.05) is 12.4 Å². The Labute approximate surface area is 200 Å². The van der Waals surface area contributed by atoms with Gasteiger partial charge in [-0.15, -0.1) is 11.3 Å². The molecule has 3 rings (SSSR count). The molecule has 8 nitrogen and oxygen atoms in total. The quantitative estimate of drug-likeness (QED) is 0.333. The highest BCUT2D eigenvalue weighted by Crippen LogP contribution is 2.31. The third-order valence-corrected chi connectivity index (χ3v) is 9.14. The van der Waals surface area contributed by atoms with Gasteiger partial charge in [0.05, 0.1) is 17.6 Å². The molecule has 2 atom stereocenters. The molecule has 0 radical (unpaired) electrons. The van der Waals surface area contributed by atoms with Crippen molar-refractivity contribution in [1.82, 2.24) is 4.98 Å². The molecule has 0 amide bonds. The van der Waals surface area contributed by atoms with E-state index in [1.54, 1.807) is 23.7 Å². The molecule has 3 aromatic rings. The zero-order chi connectivity index (χ0) is 24.1. The van der Waals surface area contributed by atoms with Crippen LogP contribution < -0.4 is 10.5 Å². The third kappa shape index (κ3) is 5.74. The van der Waals surface area contributed by atoms with Crippen LogP contribution in [0.2, 0.25) is 0 Å². The number of ether oxygens (including phenoxy) is 1. The minimum atomic E-state index is -4.51. The molecule has 0 aliphatic heterocycles. The van der Waals surface area contributed by atoms with Crippen molar-refractivity contribution >= 4 is 38.9 Å². The van der Waals surface area contributed by atoms with Crippen molar-refractivity contribution in [3.63, 3.8) is 0 Å². The van der Waals surface area contributed by atoms with Gasteiger partial charge in [-0.05, 0) is 42.3 Å². The number of aliphatic carboxylic acids is 1. The molecule has 0 aliphatic rings. The first-order valence-corrected chi connectivity index (χ1v) is 13.3. The average Bonchev–Trinajstić information content (AvgIpc) is 3.32. The number of nitrogens with zero attached hydrogens (tertiary/aromatic N) is 1. The van der Waals surface area contributed by atoms with Gasteiger partial charge in [0.25, 0.3) is 0 Å². The first-order chi connectivity index (χ1) is 15.7. The molecule has 2 unspecified atom stereocenters. The standard InChI is InChI=1S/C22H24N2O6S3/c1-2-30-18-5-3-4-16(12-18)15-6-8-19(9-7-15)33(28,29)22(23,20(26)27)13-17(25)14-32-21-24-10-11-31-21/h3-12,17,25H,2,13-14,23H2,1H3,(H,26,27). The molecule has 0 aliphatic carbocycles. The molecule has 11 heteroatoms. The number of thioether (sulfide) groups is 1. The molecule has 0 saturated heterocycles. The summed E-state index contributed by atoms with van der Waals surface area (Å²) < 4.78 is 32.6. The van der Waals surface area contributed by atoms with Gasteiger partial charge in [-0.3, -0.25) is 0 Å². The number of aromatic nitrogens is 1. The molecule has 176 valence electrons. The van der Waals surface area contributed by atoms with Crippen molar-refractivity contribution in [2.24, 2.45) is 5.73 Å². The molecular formula is C22H24N2O6S3. The predicted molar refractivity (Wildman–Crippen MR) is 128 cm³/mol. The molecule has 2 aromatic carbocycles. The summed E-state index contributed by atoms with van der Waals surface area (Å²) in [4.78, 5) is 13.1. The normalized spacial score (nSPS) is 14.4. The Hall–Kier alpha value is -2.44. The van der Waals surface area contributed by atoms with E-state index in [1.807, 2.05) is 31.2 Å². The maximum atomic E-state index is 13.2. The van der Waals surface area contributed by atoms with Crippen molar-refractivity contribution in [3.05, 3.63) is 60.1 Å². The Morgan fingerprint density at radius 2 is 1.97 bits per heavy atom. The number of carboxylic acid groups (broad SMARTS) is 1. The van der Waals surface area contributed by atoms with Gasteiger partial charge >= 0.3 is 5.97 Å². The van der Waals surface area contributed by atoms with Gasteiger partial charge in [0.15, 0.2) is 0 Å². The summed E-state index contributed by atoms with van der Waals surface area (Å²) in [6.45, 7) is 2.39. The number of carbonyl (C=O) groups is 1. The lowest BCUT2D eigenvalue weighted by Gasteiger charge is -2.27. The molecule has 4 N–H and O–H groups in total. The number of benzene rings is 2. The smallest absolute Gasteiger partial charge is 0.340 e. The van der Waals surface area contributed by atoms with Crippen LogP contribution >= 0.6 is 23.1 Å². The Morgan fingerprint density at radius 3 is 2.58 bits per heavy atom. The maximum Gasteiger partial charge on any atom is 0.340 e. The number of sulfone groups is 1. The number of aliphatic hydroxyl groups is 1. The Morgan fingerprint density at radius 1 is 1.24 bits per heavy atom. The minimum Gasteiger partial charge on any atom is -0.494 e. The topological polar surface area (TPSA) is 140 Å². The number of thiazole rings is 1. The Balaban J connectivity index is 1.81. The lowest BCUT2D eigenvalue weighted by atomic mass is 10.1. The number of nitrogens with two attached hydrogens (primary N) is 1. The predicted octanol–water partition coefficient (Wildman–Crippen LogP) is 3.27. The van der Waals surface area contributed by atoms with E-state index in [1.165, 1.54) is 35.2 Å². The largest absolute Gasteiger partial charge is 0.494 e. The van der Waals surface area contributed by atoms with Gasteiger partial charge in [-0.2, -0.15) is 0 Å². The van der Waals surface area contributed by atoms with E-state index in [4.69, 9.17) is 10.5 Å². The second-order valence-corrected chi connectivity index (χ2v) is 11.5. The summed E-state index contributed by atoms with van der Waals surface area (Å²) in [5.74, 6) is -0.984. The molecule has 1 heterocycles. The molecule has 0 bridgehead atoms. The van der Waals surface area contributed by atoms with Crippen molar-refractivity contribution in [2.45, 2.75) is 33.6 Å². The zero-order valence-corrected chi connectivity index (χ0v) is 20.2. The van der Waals surface area contributed by atoms with Gasteiger partial charge in [-0.25, -0.2) is 18.2 Å². The monoisotopic (exact) mass is 508 g/mol. The number of aliphatic hydroxyl groups excluding tert-OH is 1. The highest BCUT2D eigenvalue weighted by Gasteiger charge is 2.49. The molecule has 1 aromatic heterocycles. The van der Waals surface area contributed by atoms with Gasteiger partial charge in [0.1, 0.15) is 10.1 Å². The number of carboxylic acids is 1. The lowest BCUT2D eigenvalue weighted by Crippen LogP contribution is -2.56. The van der Waals surface area contributed by atoms with Crippen molar-refractivity contribution < 1.29 is 28.2 Å². The molecule has 0 fully saturated rings. The van der Waals surface area contributed by atoms with E-state index in [9.17, 15) is 23.4 Å². The highest BCUT2D eigenvalue weighted by molar-refractivity contribution is 8.01. The fourth-order valence-corrected chi connectivity index (χ4v) is 6.29. The molecule has 0 saturated carbocycles. The van der Waals surface area contributed by atoms with Crippen LogP contribution in [0.25, 0.3) is 11.1 Å². The maximum absolute atomic E-state index is 13.2. The van der Waals surface area contributed by atoms with Gasteiger partial charge in [-0.1, -0.05) is 36.0 Å². The van der Waals surface area contributed by atoms with Crippen LogP contribution in [0.1, 0.15) is 13.3 Å². The minimum absolute atomic E-state index is 0.0599. The summed E-state index contributed by atoms with van der Waals surface area (Å²) >= 11 is 2.56.